The van der Waals surface area contributed by atoms with Crippen LogP contribution in [0.4, 0.5) is 20.8 Å². The van der Waals surface area contributed by atoms with E-state index in [1.54, 1.807) is 69.4 Å². The molecule has 3 aromatic carbocycles. The van der Waals surface area contributed by atoms with E-state index in [1.807, 2.05) is 18.2 Å². The van der Waals surface area contributed by atoms with E-state index in [0.29, 0.717) is 30.2 Å². The van der Waals surface area contributed by atoms with Gasteiger partial charge in [-0.25, -0.2) is 27.6 Å². The van der Waals surface area contributed by atoms with E-state index in [-0.39, 0.29) is 29.8 Å². The van der Waals surface area contributed by atoms with Gasteiger partial charge in [-0.15, -0.1) is 0 Å². The molecule has 2 heterocycles. The molecule has 1 aromatic heterocycles. The highest BCUT2D eigenvalue weighted by Gasteiger charge is 2.34. The first-order chi connectivity index (χ1) is 22.5. The Bertz CT molecular complexity index is 1720. The average Bonchev–Trinajstić information content (AvgIpc) is 3.04. The summed E-state index contributed by atoms with van der Waals surface area (Å²) < 4.78 is 48.4. The third-order valence-electron chi connectivity index (χ3n) is 7.73. The molecule has 12 heteroatoms. The van der Waals surface area contributed by atoms with Crippen LogP contribution in [0.25, 0.3) is 11.3 Å². The molecule has 0 spiro atoms. The van der Waals surface area contributed by atoms with Gasteiger partial charge in [0, 0.05) is 56.2 Å². The number of aromatic nitrogens is 2. The number of ether oxygens (including phenoxy) is 1. The highest BCUT2D eigenvalue weighted by molar-refractivity contribution is 7.89. The molecule has 1 fully saturated rings. The van der Waals surface area contributed by atoms with Crippen LogP contribution in [0.15, 0.2) is 96.0 Å². The zero-order valence-corrected chi connectivity index (χ0v) is 27.7. The molecule has 0 atom stereocenters. The van der Waals surface area contributed by atoms with E-state index in [4.69, 9.17) is 4.74 Å². The molecular formula is C35H41FN6O4S. The molecule has 1 saturated heterocycles. The van der Waals surface area contributed by atoms with Gasteiger partial charge < -0.3 is 15.4 Å². The third-order valence-corrected chi connectivity index (χ3v) is 9.69. The number of hydrogen-bond donors (Lipinski definition) is 2. The lowest BCUT2D eigenvalue weighted by Gasteiger charge is -2.38. The second-order valence-electron chi connectivity index (χ2n) is 12.5. The quantitative estimate of drug-likeness (QED) is 0.195. The Morgan fingerprint density at radius 3 is 2.32 bits per heavy atom. The highest BCUT2D eigenvalue weighted by atomic mass is 32.2. The van der Waals surface area contributed by atoms with Gasteiger partial charge in [-0.1, -0.05) is 30.3 Å². The van der Waals surface area contributed by atoms with Crippen molar-refractivity contribution in [2.45, 2.75) is 56.7 Å². The zero-order valence-electron chi connectivity index (χ0n) is 26.9. The molecule has 0 aliphatic carbocycles. The normalized spacial score (nSPS) is 14.6. The number of carbonyl (C=O) groups excluding carboxylic acids is 1. The van der Waals surface area contributed by atoms with Crippen molar-refractivity contribution in [2.24, 2.45) is 0 Å². The van der Waals surface area contributed by atoms with Crippen molar-refractivity contribution in [1.82, 2.24) is 24.5 Å². The number of amides is 1. The predicted octanol–water partition coefficient (Wildman–Crippen LogP) is 6.21. The van der Waals surface area contributed by atoms with Crippen LogP contribution < -0.4 is 10.6 Å². The van der Waals surface area contributed by atoms with Gasteiger partial charge in [0.15, 0.2) is 0 Å². The Labute approximate surface area is 276 Å². The second-order valence-corrected chi connectivity index (χ2v) is 14.3. The molecule has 0 radical (unpaired) electrons. The summed E-state index contributed by atoms with van der Waals surface area (Å²) in [4.78, 5) is 23.6. The first-order valence-electron chi connectivity index (χ1n) is 15.7. The fourth-order valence-corrected chi connectivity index (χ4v) is 7.15. The number of benzene rings is 3. The topological polar surface area (TPSA) is 117 Å². The molecule has 10 nitrogen and oxygen atoms in total. The van der Waals surface area contributed by atoms with E-state index in [1.165, 1.54) is 22.0 Å². The van der Waals surface area contributed by atoms with Crippen LogP contribution in [0.2, 0.25) is 0 Å². The van der Waals surface area contributed by atoms with Gasteiger partial charge >= 0.3 is 6.09 Å². The number of alkyl carbamates (subject to hydrolysis) is 1. The fourth-order valence-electron chi connectivity index (χ4n) is 5.46. The molecule has 2 N–H and O–H groups in total. The number of sulfonamides is 1. The monoisotopic (exact) mass is 660 g/mol. The van der Waals surface area contributed by atoms with E-state index in [9.17, 15) is 17.6 Å². The van der Waals surface area contributed by atoms with Crippen molar-refractivity contribution in [1.29, 1.82) is 0 Å². The Hall–Kier alpha value is -4.39. The van der Waals surface area contributed by atoms with Gasteiger partial charge in [-0.05, 0) is 93.8 Å². The molecule has 1 amide bonds. The Morgan fingerprint density at radius 2 is 1.66 bits per heavy atom. The Balaban J connectivity index is 1.28. The summed E-state index contributed by atoms with van der Waals surface area (Å²) in [6.45, 7) is 7.87. The maximum atomic E-state index is 14.1. The first-order valence-corrected chi connectivity index (χ1v) is 17.1. The van der Waals surface area contributed by atoms with Crippen LogP contribution in [0.5, 0.6) is 0 Å². The number of hydrogen-bond acceptors (Lipinski definition) is 8. The minimum atomic E-state index is -3.91. The molecule has 5 rings (SSSR count). The van der Waals surface area contributed by atoms with Gasteiger partial charge in [0.25, 0.3) is 0 Å². The van der Waals surface area contributed by atoms with E-state index < -0.39 is 21.7 Å². The third kappa shape index (κ3) is 9.57. The van der Waals surface area contributed by atoms with Crippen molar-refractivity contribution in [2.75, 3.05) is 31.5 Å². The zero-order chi connectivity index (χ0) is 33.4. The van der Waals surface area contributed by atoms with Gasteiger partial charge in [0.05, 0.1) is 10.6 Å². The molecule has 1 aliphatic heterocycles. The summed E-state index contributed by atoms with van der Waals surface area (Å²) in [5.41, 5.74) is 2.52. The molecule has 0 unspecified atom stereocenters. The molecule has 0 bridgehead atoms. The number of rotatable bonds is 11. The molecule has 248 valence electrons. The molecule has 0 saturated carbocycles. The first kappa shape index (κ1) is 34.0. The lowest BCUT2D eigenvalue weighted by Crippen LogP contribution is -2.49. The van der Waals surface area contributed by atoms with Crippen LogP contribution in [-0.2, 0) is 21.3 Å². The highest BCUT2D eigenvalue weighted by Crippen LogP contribution is 2.27. The predicted molar refractivity (Wildman–Crippen MR) is 180 cm³/mol. The van der Waals surface area contributed by atoms with Gasteiger partial charge in [0.1, 0.15) is 11.4 Å². The second kappa shape index (κ2) is 15.0. The molecule has 47 heavy (non-hydrogen) atoms. The number of nitrogens with one attached hydrogen (secondary N) is 2. The summed E-state index contributed by atoms with van der Waals surface area (Å²) in [6.07, 6.45) is 2.34. The van der Waals surface area contributed by atoms with Gasteiger partial charge in [-0.2, -0.15) is 4.31 Å². The largest absolute Gasteiger partial charge is 0.444 e. The van der Waals surface area contributed by atoms with Crippen molar-refractivity contribution in [3.8, 4) is 11.3 Å². The van der Waals surface area contributed by atoms with Gasteiger partial charge in [0.2, 0.25) is 16.0 Å². The minimum absolute atomic E-state index is 0.106. The van der Waals surface area contributed by atoms with Crippen molar-refractivity contribution in [3.63, 3.8) is 0 Å². The summed E-state index contributed by atoms with van der Waals surface area (Å²) in [5, 5.41) is 5.82. The van der Waals surface area contributed by atoms with Crippen LogP contribution in [-0.4, -0.2) is 71.5 Å². The minimum Gasteiger partial charge on any atom is -0.444 e. The molecule has 4 aromatic rings. The van der Waals surface area contributed by atoms with E-state index >= 15 is 0 Å². The summed E-state index contributed by atoms with van der Waals surface area (Å²) in [7, 11) is -3.91. The van der Waals surface area contributed by atoms with E-state index in [2.05, 4.69) is 37.6 Å². The number of nitrogens with zero attached hydrogens (tertiary/aromatic N) is 4. The number of likely N-dealkylation sites (tertiary alicyclic amines) is 1. The van der Waals surface area contributed by atoms with E-state index in [0.717, 1.165) is 25.2 Å². The Kier molecular flexibility index (Phi) is 10.8. The number of piperidine rings is 1. The van der Waals surface area contributed by atoms with Crippen molar-refractivity contribution in [3.05, 3.63) is 103 Å². The number of anilines is 2. The van der Waals surface area contributed by atoms with Crippen molar-refractivity contribution >= 4 is 27.8 Å². The summed E-state index contributed by atoms with van der Waals surface area (Å²) in [5.74, 6) is -0.0119. The fraction of sp³-hybridized carbons (Fsp3) is 0.343. The summed E-state index contributed by atoms with van der Waals surface area (Å²) >= 11 is 0. The Morgan fingerprint density at radius 1 is 0.979 bits per heavy atom. The van der Waals surface area contributed by atoms with Gasteiger partial charge in [-0.3, -0.25) is 4.90 Å². The lowest BCUT2D eigenvalue weighted by molar-refractivity contribution is 0.0522. The summed E-state index contributed by atoms with van der Waals surface area (Å²) in [6, 6.07) is 24.2. The lowest BCUT2D eigenvalue weighted by atomic mass is 10.0. The van der Waals surface area contributed by atoms with Crippen LogP contribution in [0, 0.1) is 5.82 Å². The van der Waals surface area contributed by atoms with Crippen LogP contribution in [0.1, 0.15) is 39.2 Å². The van der Waals surface area contributed by atoms with Crippen LogP contribution >= 0.6 is 0 Å². The average molecular weight is 661 g/mol. The smallest absolute Gasteiger partial charge is 0.407 e. The molecular weight excluding hydrogens is 619 g/mol. The maximum Gasteiger partial charge on any atom is 0.407 e. The SMILES string of the molecule is CC(C)(C)OC(=O)NCCN(C1CCN(Cc2ccccc2)CC1)S(=O)(=O)c1ccc(Nc2nccc(-c3ccc(F)cc3)n2)cc1. The van der Waals surface area contributed by atoms with Crippen LogP contribution in [0.3, 0.4) is 0 Å². The molecule has 1 aliphatic rings. The number of halogens is 1. The maximum absolute atomic E-state index is 14.1. The standard InChI is InChI=1S/C35H41FN6O4S/c1-35(2,3)46-34(43)38-21-24-42(30-18-22-41(23-19-30)25-26-7-5-4-6-8-26)47(44,45)31-15-13-29(14-16-31)39-33-37-20-17-32(40-33)27-9-11-28(36)12-10-27/h4-17,20,30H,18-19,21-25H2,1-3H3,(H,38,43)(H,37,39,40). The van der Waals surface area contributed by atoms with Crippen molar-refractivity contribution < 1.29 is 22.3 Å². The number of carbonyl (C=O) groups is 1.